The van der Waals surface area contributed by atoms with Gasteiger partial charge in [0.2, 0.25) is 0 Å². The van der Waals surface area contributed by atoms with Crippen LogP contribution in [0.4, 0.5) is 0 Å². The molecule has 0 saturated carbocycles. The smallest absolute Gasteiger partial charge is 0.0603 e. The van der Waals surface area contributed by atoms with Gasteiger partial charge >= 0.3 is 0 Å². The van der Waals surface area contributed by atoms with E-state index in [2.05, 4.69) is 59.6 Å². The highest BCUT2D eigenvalue weighted by atomic mass is 35.5. The first kappa shape index (κ1) is 15.4. The molecule has 1 heterocycles. The Kier molecular flexibility index (Phi) is 4.33. The van der Waals surface area contributed by atoms with Crippen LogP contribution in [0.1, 0.15) is 5.56 Å². The van der Waals surface area contributed by atoms with Crippen molar-refractivity contribution in [2.24, 2.45) is 0 Å². The van der Waals surface area contributed by atoms with E-state index in [1.165, 1.54) is 21.5 Å². The summed E-state index contributed by atoms with van der Waals surface area (Å²) in [6, 6.07) is 27.0. The minimum absolute atomic E-state index is 0.825. The lowest BCUT2D eigenvalue weighted by Gasteiger charge is -2.07. The molecule has 1 nitrogen and oxygen atoms in total. The molecule has 0 amide bonds. The van der Waals surface area contributed by atoms with Gasteiger partial charge in [0, 0.05) is 26.6 Å². The Hall–Kier alpha value is -2.16. The van der Waals surface area contributed by atoms with Crippen molar-refractivity contribution in [2.75, 3.05) is 0 Å². The Morgan fingerprint density at radius 3 is 2.33 bits per heavy atom. The van der Waals surface area contributed by atoms with Crippen molar-refractivity contribution in [3.05, 3.63) is 89.4 Å². The van der Waals surface area contributed by atoms with Crippen molar-refractivity contribution in [1.82, 2.24) is 4.98 Å². The molecule has 0 bridgehead atoms. The third-order valence-electron chi connectivity index (χ3n) is 4.05. The van der Waals surface area contributed by atoms with E-state index < -0.39 is 0 Å². The topological polar surface area (TPSA) is 15.8 Å². The summed E-state index contributed by atoms with van der Waals surface area (Å²) in [6.07, 6.45) is 0. The van der Waals surface area contributed by atoms with Crippen LogP contribution in [0.3, 0.4) is 0 Å². The van der Waals surface area contributed by atoms with Gasteiger partial charge in [-0.25, -0.2) is 0 Å². The van der Waals surface area contributed by atoms with E-state index in [-0.39, 0.29) is 0 Å². The largest absolute Gasteiger partial charge is 0.354 e. The summed E-state index contributed by atoms with van der Waals surface area (Å²) < 4.78 is 0. The first-order valence-electron chi connectivity index (χ1n) is 7.85. The zero-order valence-corrected chi connectivity index (χ0v) is 14.6. The van der Waals surface area contributed by atoms with E-state index in [1.54, 1.807) is 0 Å². The second-order valence-electron chi connectivity index (χ2n) is 5.62. The summed E-state index contributed by atoms with van der Waals surface area (Å²) >= 11 is 8.15. The average molecular weight is 350 g/mol. The molecule has 0 unspecified atom stereocenters. The van der Waals surface area contributed by atoms with Gasteiger partial charge in [-0.05, 0) is 23.3 Å². The number of aromatic nitrogens is 1. The first-order valence-corrected chi connectivity index (χ1v) is 9.21. The van der Waals surface area contributed by atoms with Crippen LogP contribution in [0.2, 0.25) is 5.02 Å². The Morgan fingerprint density at radius 2 is 1.50 bits per heavy atom. The lowest BCUT2D eigenvalue weighted by Crippen LogP contribution is -1.84. The average Bonchev–Trinajstić information content (AvgIpc) is 3.00. The Balaban J connectivity index is 1.77. The summed E-state index contributed by atoms with van der Waals surface area (Å²) in [5, 5.41) is 2.08. The van der Waals surface area contributed by atoms with Crippen LogP contribution in [0, 0.1) is 0 Å². The fraction of sp³-hybridized carbons (Fsp3) is 0.0476. The van der Waals surface area contributed by atoms with Gasteiger partial charge in [-0.15, -0.1) is 11.8 Å². The van der Waals surface area contributed by atoms with E-state index in [9.17, 15) is 0 Å². The van der Waals surface area contributed by atoms with Gasteiger partial charge in [0.15, 0.2) is 0 Å². The molecule has 0 atom stereocenters. The molecule has 0 spiro atoms. The second-order valence-corrected chi connectivity index (χ2v) is 7.01. The lowest BCUT2D eigenvalue weighted by atomic mass is 10.1. The monoisotopic (exact) mass is 349 g/mol. The maximum absolute atomic E-state index is 6.32. The number of H-pyrrole nitrogens is 1. The molecule has 24 heavy (non-hydrogen) atoms. The minimum atomic E-state index is 0.825. The van der Waals surface area contributed by atoms with Crippen molar-refractivity contribution in [3.8, 4) is 11.3 Å². The number of thioether (sulfide) groups is 1. The lowest BCUT2D eigenvalue weighted by molar-refractivity contribution is 1.37. The predicted molar refractivity (Wildman–Crippen MR) is 105 cm³/mol. The number of benzene rings is 3. The number of para-hydroxylation sites is 1. The predicted octanol–water partition coefficient (Wildman–Crippen LogP) is 6.78. The van der Waals surface area contributed by atoms with Gasteiger partial charge in [-0.1, -0.05) is 78.3 Å². The summed E-state index contributed by atoms with van der Waals surface area (Å²) in [7, 11) is 0. The van der Waals surface area contributed by atoms with Crippen molar-refractivity contribution in [2.45, 2.75) is 10.6 Å². The molecule has 1 N–H and O–H groups in total. The van der Waals surface area contributed by atoms with Crippen LogP contribution < -0.4 is 0 Å². The number of halogens is 1. The van der Waals surface area contributed by atoms with Gasteiger partial charge in [-0.2, -0.15) is 0 Å². The highest BCUT2D eigenvalue weighted by molar-refractivity contribution is 7.98. The van der Waals surface area contributed by atoms with Crippen LogP contribution in [-0.4, -0.2) is 4.98 Å². The fourth-order valence-electron chi connectivity index (χ4n) is 2.84. The molecule has 118 valence electrons. The molecule has 0 aliphatic rings. The molecule has 4 rings (SSSR count). The Bertz CT molecular complexity index is 975. The van der Waals surface area contributed by atoms with E-state index in [4.69, 9.17) is 11.6 Å². The zero-order valence-electron chi connectivity index (χ0n) is 13.0. The molecular formula is C21H16ClNS. The summed E-state index contributed by atoms with van der Waals surface area (Å²) in [4.78, 5) is 4.85. The first-order chi connectivity index (χ1) is 11.8. The normalized spacial score (nSPS) is 11.0. The summed E-state index contributed by atoms with van der Waals surface area (Å²) in [5.74, 6) is 0.849. The van der Waals surface area contributed by atoms with Crippen molar-refractivity contribution in [3.63, 3.8) is 0 Å². The van der Waals surface area contributed by atoms with Crippen molar-refractivity contribution >= 4 is 34.3 Å². The Morgan fingerprint density at radius 1 is 0.792 bits per heavy atom. The van der Waals surface area contributed by atoms with Crippen LogP contribution in [0.25, 0.3) is 22.2 Å². The van der Waals surface area contributed by atoms with Crippen LogP contribution in [0.15, 0.2) is 83.8 Å². The molecule has 0 saturated heterocycles. The molecule has 1 aromatic heterocycles. The second kappa shape index (κ2) is 6.76. The molecule has 0 radical (unpaired) electrons. The highest BCUT2D eigenvalue weighted by Gasteiger charge is 2.14. The molecular weight excluding hydrogens is 334 g/mol. The quantitative estimate of drug-likeness (QED) is 0.401. The number of hydrogen-bond donors (Lipinski definition) is 1. The van der Waals surface area contributed by atoms with E-state index in [0.29, 0.717) is 0 Å². The minimum Gasteiger partial charge on any atom is -0.354 e. The number of nitrogens with one attached hydrogen (secondary N) is 1. The number of hydrogen-bond acceptors (Lipinski definition) is 1. The van der Waals surface area contributed by atoms with E-state index >= 15 is 0 Å². The Labute approximate surface area is 150 Å². The van der Waals surface area contributed by atoms with Crippen molar-refractivity contribution < 1.29 is 0 Å². The molecule has 4 aromatic rings. The summed E-state index contributed by atoms with van der Waals surface area (Å²) in [6.45, 7) is 0. The molecule has 3 aromatic carbocycles. The maximum atomic E-state index is 6.32. The van der Waals surface area contributed by atoms with Crippen molar-refractivity contribution in [1.29, 1.82) is 0 Å². The molecule has 0 aliphatic heterocycles. The molecule has 0 aliphatic carbocycles. The standard InChI is InChI=1S/C21H16ClNS/c22-18-12-6-4-10-16(18)14-24-21-17-11-5-7-13-19(17)23-20(21)15-8-2-1-3-9-15/h1-13,23H,14H2. The van der Waals surface area contributed by atoms with E-state index in [0.717, 1.165) is 21.9 Å². The van der Waals surface area contributed by atoms with Gasteiger partial charge in [0.25, 0.3) is 0 Å². The van der Waals surface area contributed by atoms with Crippen LogP contribution in [0.5, 0.6) is 0 Å². The van der Waals surface area contributed by atoms with Gasteiger partial charge in [0.1, 0.15) is 0 Å². The fourth-order valence-corrected chi connectivity index (χ4v) is 4.32. The number of rotatable bonds is 4. The van der Waals surface area contributed by atoms with Gasteiger partial charge in [0.05, 0.1) is 5.69 Å². The third-order valence-corrected chi connectivity index (χ3v) is 5.59. The number of fused-ring (bicyclic) bond motifs is 1. The van der Waals surface area contributed by atoms with E-state index in [1.807, 2.05) is 36.0 Å². The summed E-state index contributed by atoms with van der Waals surface area (Å²) in [5.41, 5.74) is 4.70. The third kappa shape index (κ3) is 2.95. The molecule has 3 heteroatoms. The van der Waals surface area contributed by atoms with Crippen LogP contribution >= 0.6 is 23.4 Å². The maximum Gasteiger partial charge on any atom is 0.0603 e. The van der Waals surface area contributed by atoms with Crippen LogP contribution in [-0.2, 0) is 5.75 Å². The number of aromatic amines is 1. The SMILES string of the molecule is Clc1ccccc1CSc1c(-c2ccccc2)[nH]c2ccccc12. The highest BCUT2D eigenvalue weighted by Crippen LogP contribution is 2.39. The van der Waals surface area contributed by atoms with Gasteiger partial charge < -0.3 is 4.98 Å². The molecule has 0 fully saturated rings. The zero-order chi connectivity index (χ0) is 16.4. The van der Waals surface area contributed by atoms with Gasteiger partial charge in [-0.3, -0.25) is 0 Å².